The van der Waals surface area contributed by atoms with E-state index in [1.807, 2.05) is 19.2 Å². The molecule has 7 heteroatoms. The normalized spacial score (nSPS) is 10.8. The highest BCUT2D eigenvalue weighted by Gasteiger charge is 2.08. The van der Waals surface area contributed by atoms with E-state index in [1.54, 1.807) is 12.4 Å². The molecule has 7 nitrogen and oxygen atoms in total. The SMILES string of the molecule is Cc1ccncc1CNc1nc(N)nc2[nH]ncc12. The number of nitrogen functional groups attached to an aromatic ring is 1. The van der Waals surface area contributed by atoms with Gasteiger partial charge in [-0.2, -0.15) is 15.1 Å². The minimum absolute atomic E-state index is 0.210. The smallest absolute Gasteiger partial charge is 0.224 e. The molecule has 3 aromatic heterocycles. The highest BCUT2D eigenvalue weighted by Crippen LogP contribution is 2.19. The van der Waals surface area contributed by atoms with Crippen LogP contribution in [0.4, 0.5) is 11.8 Å². The van der Waals surface area contributed by atoms with Crippen LogP contribution in [0, 0.1) is 6.92 Å². The first kappa shape index (κ1) is 11.4. The van der Waals surface area contributed by atoms with Gasteiger partial charge >= 0.3 is 0 Å². The number of anilines is 2. The fourth-order valence-corrected chi connectivity index (χ4v) is 1.85. The van der Waals surface area contributed by atoms with Crippen molar-refractivity contribution in [2.24, 2.45) is 0 Å². The van der Waals surface area contributed by atoms with E-state index in [0.717, 1.165) is 10.9 Å². The third-order valence-corrected chi connectivity index (χ3v) is 2.92. The number of rotatable bonds is 3. The van der Waals surface area contributed by atoms with Crippen LogP contribution >= 0.6 is 0 Å². The maximum absolute atomic E-state index is 5.66. The van der Waals surface area contributed by atoms with Crippen molar-refractivity contribution in [1.29, 1.82) is 0 Å². The summed E-state index contributed by atoms with van der Waals surface area (Å²) >= 11 is 0. The Kier molecular flexibility index (Phi) is 2.71. The van der Waals surface area contributed by atoms with E-state index < -0.39 is 0 Å². The first-order chi connectivity index (χ1) is 9.24. The summed E-state index contributed by atoms with van der Waals surface area (Å²) in [5.74, 6) is 0.877. The number of hydrogen-bond donors (Lipinski definition) is 3. The molecule has 4 N–H and O–H groups in total. The number of nitrogens with one attached hydrogen (secondary N) is 2. The lowest BCUT2D eigenvalue weighted by Crippen LogP contribution is -2.06. The molecule has 3 rings (SSSR count). The Morgan fingerprint density at radius 3 is 3.05 bits per heavy atom. The van der Waals surface area contributed by atoms with Crippen LogP contribution in [0.25, 0.3) is 11.0 Å². The van der Waals surface area contributed by atoms with E-state index in [0.29, 0.717) is 18.0 Å². The zero-order valence-corrected chi connectivity index (χ0v) is 10.4. The number of fused-ring (bicyclic) bond motifs is 1. The lowest BCUT2D eigenvalue weighted by atomic mass is 10.1. The highest BCUT2D eigenvalue weighted by molar-refractivity contribution is 5.86. The summed E-state index contributed by atoms with van der Waals surface area (Å²) in [4.78, 5) is 12.4. The Morgan fingerprint density at radius 1 is 1.32 bits per heavy atom. The molecule has 0 aliphatic heterocycles. The molecule has 0 aliphatic rings. The van der Waals surface area contributed by atoms with E-state index in [1.165, 1.54) is 5.56 Å². The fraction of sp³-hybridized carbons (Fsp3) is 0.167. The van der Waals surface area contributed by atoms with Gasteiger partial charge in [0.25, 0.3) is 0 Å². The molecule has 19 heavy (non-hydrogen) atoms. The number of nitrogens with two attached hydrogens (primary N) is 1. The maximum Gasteiger partial charge on any atom is 0.224 e. The van der Waals surface area contributed by atoms with Crippen LogP contribution in [-0.4, -0.2) is 25.1 Å². The van der Waals surface area contributed by atoms with Crippen LogP contribution in [0.2, 0.25) is 0 Å². The van der Waals surface area contributed by atoms with Crippen molar-refractivity contribution in [3.05, 3.63) is 35.8 Å². The van der Waals surface area contributed by atoms with E-state index in [-0.39, 0.29) is 5.95 Å². The first-order valence-electron chi connectivity index (χ1n) is 5.84. The summed E-state index contributed by atoms with van der Waals surface area (Å²) in [6, 6.07) is 1.97. The maximum atomic E-state index is 5.66. The summed E-state index contributed by atoms with van der Waals surface area (Å²) in [5, 5.41) is 10.8. The van der Waals surface area contributed by atoms with Gasteiger partial charge in [0.15, 0.2) is 5.65 Å². The second-order valence-corrected chi connectivity index (χ2v) is 4.22. The molecule has 0 radical (unpaired) electrons. The average molecular weight is 255 g/mol. The Hall–Kier alpha value is -2.70. The molecule has 0 spiro atoms. The van der Waals surface area contributed by atoms with Gasteiger partial charge < -0.3 is 11.1 Å². The van der Waals surface area contributed by atoms with Crippen molar-refractivity contribution in [3.63, 3.8) is 0 Å². The molecule has 0 atom stereocenters. The third kappa shape index (κ3) is 2.17. The van der Waals surface area contributed by atoms with Gasteiger partial charge in [0.05, 0.1) is 11.6 Å². The second-order valence-electron chi connectivity index (χ2n) is 4.22. The number of aromatic amines is 1. The van der Waals surface area contributed by atoms with Crippen molar-refractivity contribution in [3.8, 4) is 0 Å². The van der Waals surface area contributed by atoms with Crippen LogP contribution in [0.15, 0.2) is 24.7 Å². The van der Waals surface area contributed by atoms with Gasteiger partial charge in [-0.15, -0.1) is 0 Å². The van der Waals surface area contributed by atoms with Gasteiger partial charge in [0.1, 0.15) is 5.82 Å². The summed E-state index contributed by atoms with van der Waals surface area (Å²) < 4.78 is 0. The molecule has 0 bridgehead atoms. The lowest BCUT2D eigenvalue weighted by molar-refractivity contribution is 1.06. The topological polar surface area (TPSA) is 105 Å². The second kappa shape index (κ2) is 4.52. The molecular formula is C12H13N7. The lowest BCUT2D eigenvalue weighted by Gasteiger charge is -2.08. The highest BCUT2D eigenvalue weighted by atomic mass is 15.2. The van der Waals surface area contributed by atoms with Crippen LogP contribution in [0.3, 0.4) is 0 Å². The van der Waals surface area contributed by atoms with Crippen molar-refractivity contribution in [2.45, 2.75) is 13.5 Å². The third-order valence-electron chi connectivity index (χ3n) is 2.92. The number of pyridine rings is 1. The Balaban J connectivity index is 1.90. The summed E-state index contributed by atoms with van der Waals surface area (Å²) in [5.41, 5.74) is 8.57. The minimum atomic E-state index is 0.210. The van der Waals surface area contributed by atoms with Gasteiger partial charge in [0.2, 0.25) is 5.95 Å². The van der Waals surface area contributed by atoms with Gasteiger partial charge in [0, 0.05) is 18.9 Å². The van der Waals surface area contributed by atoms with E-state index >= 15 is 0 Å². The van der Waals surface area contributed by atoms with Crippen molar-refractivity contribution < 1.29 is 0 Å². The molecule has 0 amide bonds. The van der Waals surface area contributed by atoms with Crippen LogP contribution in [0.5, 0.6) is 0 Å². The molecule has 3 aromatic rings. The molecule has 0 aromatic carbocycles. The fourth-order valence-electron chi connectivity index (χ4n) is 1.85. The Bertz CT molecular complexity index is 719. The Morgan fingerprint density at radius 2 is 2.21 bits per heavy atom. The predicted molar refractivity (Wildman–Crippen MR) is 72.4 cm³/mol. The number of aromatic nitrogens is 5. The van der Waals surface area contributed by atoms with Crippen LogP contribution in [0.1, 0.15) is 11.1 Å². The number of hydrogen-bond acceptors (Lipinski definition) is 6. The Labute approximate surface area is 109 Å². The standard InChI is InChI=1S/C12H13N7/c1-7-2-3-14-4-8(7)5-15-10-9-6-16-19-11(9)18-12(13)17-10/h2-4,6H,5H2,1H3,(H4,13,15,16,17,18,19). The molecule has 0 aliphatic carbocycles. The molecule has 3 heterocycles. The van der Waals surface area contributed by atoms with Gasteiger partial charge in [-0.25, -0.2) is 0 Å². The predicted octanol–water partition coefficient (Wildman–Crippen LogP) is 1.25. The summed E-state index contributed by atoms with van der Waals surface area (Å²) in [6.45, 7) is 2.66. The van der Waals surface area contributed by atoms with Crippen molar-refractivity contribution in [2.75, 3.05) is 11.1 Å². The number of nitrogens with zero attached hydrogens (tertiary/aromatic N) is 4. The quantitative estimate of drug-likeness (QED) is 0.650. The van der Waals surface area contributed by atoms with E-state index in [2.05, 4.69) is 30.5 Å². The number of aryl methyl sites for hydroxylation is 1. The molecule has 0 saturated carbocycles. The molecule has 0 fully saturated rings. The minimum Gasteiger partial charge on any atom is -0.368 e. The van der Waals surface area contributed by atoms with Crippen molar-refractivity contribution >= 4 is 22.8 Å². The molecular weight excluding hydrogens is 242 g/mol. The van der Waals surface area contributed by atoms with Gasteiger partial charge in [-0.05, 0) is 24.1 Å². The van der Waals surface area contributed by atoms with Crippen LogP contribution in [-0.2, 0) is 6.54 Å². The zero-order valence-electron chi connectivity index (χ0n) is 10.4. The summed E-state index contributed by atoms with van der Waals surface area (Å²) in [7, 11) is 0. The van der Waals surface area contributed by atoms with Crippen LogP contribution < -0.4 is 11.1 Å². The van der Waals surface area contributed by atoms with Gasteiger partial charge in [-0.3, -0.25) is 10.1 Å². The summed E-state index contributed by atoms with van der Waals surface area (Å²) in [6.07, 6.45) is 5.28. The average Bonchev–Trinajstić information content (AvgIpc) is 2.85. The van der Waals surface area contributed by atoms with Crippen molar-refractivity contribution in [1.82, 2.24) is 25.1 Å². The number of H-pyrrole nitrogens is 1. The monoisotopic (exact) mass is 255 g/mol. The zero-order chi connectivity index (χ0) is 13.2. The van der Waals surface area contributed by atoms with E-state index in [4.69, 9.17) is 5.73 Å². The molecule has 0 saturated heterocycles. The van der Waals surface area contributed by atoms with Gasteiger partial charge in [-0.1, -0.05) is 0 Å². The largest absolute Gasteiger partial charge is 0.368 e. The van der Waals surface area contributed by atoms with E-state index in [9.17, 15) is 0 Å². The molecule has 0 unspecified atom stereocenters. The first-order valence-corrected chi connectivity index (χ1v) is 5.84. The molecule has 96 valence electrons.